The largest absolute Gasteiger partial charge is 0.470 e. The Kier molecular flexibility index (Phi) is 6.53. The Morgan fingerprint density at radius 2 is 1.97 bits per heavy atom. The fraction of sp³-hybridized carbons (Fsp3) is 0.762. The van der Waals surface area contributed by atoms with E-state index in [-0.39, 0.29) is 17.1 Å². The predicted octanol–water partition coefficient (Wildman–Crippen LogP) is 0.0192. The van der Waals surface area contributed by atoms with E-state index in [2.05, 4.69) is 6.92 Å². The lowest BCUT2D eigenvalue weighted by Crippen LogP contribution is -2.58. The molecule has 8 heteroatoms. The monoisotopic (exact) mass is 412 g/mol. The summed E-state index contributed by atoms with van der Waals surface area (Å²) in [5, 5.41) is 49.4. The summed E-state index contributed by atoms with van der Waals surface area (Å²) >= 11 is 0. The van der Waals surface area contributed by atoms with Crippen LogP contribution in [0, 0.1) is 17.3 Å². The predicted molar refractivity (Wildman–Crippen MR) is 102 cm³/mol. The van der Waals surface area contributed by atoms with Crippen molar-refractivity contribution >= 4 is 5.78 Å². The molecule has 1 saturated heterocycles. The number of rotatable bonds is 4. The zero-order valence-electron chi connectivity index (χ0n) is 17.1. The van der Waals surface area contributed by atoms with Gasteiger partial charge in [0, 0.05) is 5.92 Å². The van der Waals surface area contributed by atoms with Crippen molar-refractivity contribution in [3.05, 3.63) is 23.5 Å². The van der Waals surface area contributed by atoms with E-state index in [0.29, 0.717) is 24.8 Å². The van der Waals surface area contributed by atoms with Gasteiger partial charge in [0.2, 0.25) is 6.29 Å². The summed E-state index contributed by atoms with van der Waals surface area (Å²) in [4.78, 5) is 12.7. The summed E-state index contributed by atoms with van der Waals surface area (Å²) in [5.74, 6) is -0.425. The molecule has 0 aromatic carbocycles. The number of fused-ring (bicyclic) bond motifs is 1. The number of aliphatic hydroxyl groups excluding tert-OH is 5. The van der Waals surface area contributed by atoms with Crippen LogP contribution < -0.4 is 0 Å². The number of hydrogen-bond donors (Lipinski definition) is 5. The van der Waals surface area contributed by atoms with E-state index in [1.165, 1.54) is 6.26 Å². The lowest BCUT2D eigenvalue weighted by atomic mass is 9.57. The molecule has 0 bridgehead atoms. The van der Waals surface area contributed by atoms with Crippen molar-refractivity contribution in [1.82, 2.24) is 0 Å². The zero-order chi connectivity index (χ0) is 21.5. The van der Waals surface area contributed by atoms with E-state index < -0.39 is 49.3 Å². The highest BCUT2D eigenvalue weighted by molar-refractivity contribution is 5.95. The summed E-state index contributed by atoms with van der Waals surface area (Å²) < 4.78 is 10.8. The van der Waals surface area contributed by atoms with Gasteiger partial charge < -0.3 is 35.0 Å². The summed E-state index contributed by atoms with van der Waals surface area (Å²) in [6, 6.07) is 0. The van der Waals surface area contributed by atoms with E-state index >= 15 is 0 Å². The molecular weight excluding hydrogens is 380 g/mol. The Labute approximate surface area is 170 Å². The highest BCUT2D eigenvalue weighted by Crippen LogP contribution is 2.52. The van der Waals surface area contributed by atoms with Crippen LogP contribution in [0.25, 0.3) is 0 Å². The molecule has 0 amide bonds. The second kappa shape index (κ2) is 8.45. The average molecular weight is 412 g/mol. The molecule has 9 atom stereocenters. The quantitative estimate of drug-likeness (QED) is 0.408. The molecular formula is C21H32O8. The molecule has 2 aliphatic carbocycles. The molecule has 2 fully saturated rings. The molecule has 0 aromatic rings. The summed E-state index contributed by atoms with van der Waals surface area (Å²) in [5.41, 5.74) is 1.43. The maximum absolute atomic E-state index is 12.7. The Bertz CT molecular complexity index is 686. The third-order valence-corrected chi connectivity index (χ3v) is 7.10. The smallest absolute Gasteiger partial charge is 0.228 e. The SMILES string of the molecule is CC(=COC1OC(CO)C(O)C(O)C1O)C1CC2(C)C(=CC1=O)CCC(O)C2C. The Morgan fingerprint density at radius 3 is 2.62 bits per heavy atom. The minimum absolute atomic E-state index is 0.0211. The highest BCUT2D eigenvalue weighted by Gasteiger charge is 2.48. The highest BCUT2D eigenvalue weighted by atomic mass is 16.7. The van der Waals surface area contributed by atoms with Gasteiger partial charge in [-0.15, -0.1) is 0 Å². The maximum Gasteiger partial charge on any atom is 0.228 e. The van der Waals surface area contributed by atoms with E-state index in [0.717, 1.165) is 5.57 Å². The van der Waals surface area contributed by atoms with Crippen molar-refractivity contribution in [1.29, 1.82) is 0 Å². The first-order chi connectivity index (χ1) is 13.6. The molecule has 0 radical (unpaired) electrons. The van der Waals surface area contributed by atoms with E-state index in [1.54, 1.807) is 13.0 Å². The molecule has 0 spiro atoms. The van der Waals surface area contributed by atoms with Gasteiger partial charge in [-0.05, 0) is 49.2 Å². The fourth-order valence-corrected chi connectivity index (χ4v) is 4.73. The van der Waals surface area contributed by atoms with Gasteiger partial charge in [0.15, 0.2) is 5.78 Å². The van der Waals surface area contributed by atoms with Crippen LogP contribution in [0.15, 0.2) is 23.5 Å². The number of aliphatic hydroxyl groups is 5. The number of ether oxygens (including phenoxy) is 2. The molecule has 164 valence electrons. The normalized spacial score (nSPS) is 46.1. The van der Waals surface area contributed by atoms with E-state index in [1.807, 2.05) is 6.92 Å². The fourth-order valence-electron chi connectivity index (χ4n) is 4.73. The van der Waals surface area contributed by atoms with Crippen molar-refractivity contribution in [2.75, 3.05) is 6.61 Å². The van der Waals surface area contributed by atoms with Crippen LogP contribution in [-0.2, 0) is 14.3 Å². The van der Waals surface area contributed by atoms with Crippen LogP contribution in [0.1, 0.15) is 40.0 Å². The third kappa shape index (κ3) is 4.02. The van der Waals surface area contributed by atoms with Gasteiger partial charge in [0.25, 0.3) is 0 Å². The second-order valence-electron chi connectivity index (χ2n) is 8.84. The molecule has 5 N–H and O–H groups in total. The summed E-state index contributed by atoms with van der Waals surface area (Å²) in [6.07, 6.45) is -2.27. The zero-order valence-corrected chi connectivity index (χ0v) is 17.1. The lowest BCUT2D eigenvalue weighted by molar-refractivity contribution is -0.288. The standard InChI is InChI=1S/C21H32O8/c1-10(9-28-20-19(27)18(26)17(25)16(8-22)29-20)13-7-21(3)11(2)14(23)5-4-12(21)6-15(13)24/h6,9,11,13-14,16-20,22-23,25-27H,4-5,7-8H2,1-3H3. The van der Waals surface area contributed by atoms with Gasteiger partial charge in [0.05, 0.1) is 19.0 Å². The minimum Gasteiger partial charge on any atom is -0.470 e. The Hall–Kier alpha value is -1.29. The number of hydrogen-bond acceptors (Lipinski definition) is 8. The topological polar surface area (TPSA) is 137 Å². The molecule has 1 aliphatic heterocycles. The molecule has 3 aliphatic rings. The van der Waals surface area contributed by atoms with Gasteiger partial charge in [0.1, 0.15) is 24.4 Å². The average Bonchev–Trinajstić information content (AvgIpc) is 2.70. The van der Waals surface area contributed by atoms with Gasteiger partial charge in [-0.3, -0.25) is 4.79 Å². The minimum atomic E-state index is -1.52. The summed E-state index contributed by atoms with van der Waals surface area (Å²) in [6.45, 7) is 5.30. The van der Waals surface area contributed by atoms with Crippen molar-refractivity contribution in [3.63, 3.8) is 0 Å². The van der Waals surface area contributed by atoms with E-state index in [4.69, 9.17) is 9.47 Å². The van der Waals surface area contributed by atoms with Gasteiger partial charge in [-0.1, -0.05) is 19.4 Å². The van der Waals surface area contributed by atoms with Crippen LogP contribution in [0.3, 0.4) is 0 Å². The maximum atomic E-state index is 12.7. The van der Waals surface area contributed by atoms with E-state index in [9.17, 15) is 30.3 Å². The Balaban J connectivity index is 1.74. The Morgan fingerprint density at radius 1 is 1.28 bits per heavy atom. The van der Waals surface area contributed by atoms with Crippen LogP contribution >= 0.6 is 0 Å². The first-order valence-electron chi connectivity index (χ1n) is 10.2. The molecule has 3 rings (SSSR count). The number of carbonyl (C=O) groups is 1. The van der Waals surface area contributed by atoms with Crippen LogP contribution in [0.4, 0.5) is 0 Å². The van der Waals surface area contributed by atoms with Gasteiger partial charge in [-0.25, -0.2) is 0 Å². The lowest BCUT2D eigenvalue weighted by Gasteiger charge is -2.48. The molecule has 0 aromatic heterocycles. The molecule has 1 heterocycles. The van der Waals surface area contributed by atoms with Crippen LogP contribution in [0.5, 0.6) is 0 Å². The molecule has 9 unspecified atom stereocenters. The van der Waals surface area contributed by atoms with Gasteiger partial charge in [-0.2, -0.15) is 0 Å². The second-order valence-corrected chi connectivity index (χ2v) is 8.84. The molecule has 8 nitrogen and oxygen atoms in total. The molecule has 29 heavy (non-hydrogen) atoms. The van der Waals surface area contributed by atoms with Crippen molar-refractivity contribution in [2.45, 2.75) is 76.8 Å². The van der Waals surface area contributed by atoms with Crippen molar-refractivity contribution < 1.29 is 39.8 Å². The van der Waals surface area contributed by atoms with Crippen LogP contribution in [-0.4, -0.2) is 74.7 Å². The van der Waals surface area contributed by atoms with Crippen molar-refractivity contribution in [3.8, 4) is 0 Å². The third-order valence-electron chi connectivity index (χ3n) is 7.10. The number of ketones is 1. The van der Waals surface area contributed by atoms with Crippen LogP contribution in [0.2, 0.25) is 0 Å². The number of allylic oxidation sites excluding steroid dienone is 3. The number of carbonyl (C=O) groups excluding carboxylic acids is 1. The van der Waals surface area contributed by atoms with Gasteiger partial charge >= 0.3 is 0 Å². The first kappa shape index (κ1) is 22.4. The summed E-state index contributed by atoms with van der Waals surface area (Å²) in [7, 11) is 0. The molecule has 1 saturated carbocycles. The first-order valence-corrected chi connectivity index (χ1v) is 10.2. The van der Waals surface area contributed by atoms with Crippen molar-refractivity contribution in [2.24, 2.45) is 17.3 Å².